The Morgan fingerprint density at radius 3 is 1.58 bits per heavy atom. The molecule has 0 bridgehead atoms. The Morgan fingerprint density at radius 1 is 0.691 bits per heavy atom. The van der Waals surface area contributed by atoms with Gasteiger partial charge < -0.3 is 29.9 Å². The van der Waals surface area contributed by atoms with Gasteiger partial charge >= 0.3 is 0 Å². The Hall–Kier alpha value is -4.55. The number of carbonyl (C=O) groups excluding carboxylic acids is 2. The highest BCUT2D eigenvalue weighted by Crippen LogP contribution is 2.30. The van der Waals surface area contributed by atoms with E-state index in [-0.39, 0.29) is 58.2 Å². The Kier molecular flexibility index (Phi) is 13.9. The number of primary sulfonamides is 2. The van der Waals surface area contributed by atoms with Crippen LogP contribution in [-0.4, -0.2) is 90.9 Å². The Morgan fingerprint density at radius 2 is 1.15 bits per heavy atom. The maximum absolute atomic E-state index is 12.3. The van der Waals surface area contributed by atoms with Crippen LogP contribution in [0.5, 0.6) is 11.5 Å². The van der Waals surface area contributed by atoms with E-state index in [0.717, 1.165) is 38.0 Å². The van der Waals surface area contributed by atoms with Crippen LogP contribution in [-0.2, 0) is 42.5 Å². The number of nitrogens with two attached hydrogens (primary N) is 2. The second kappa shape index (κ2) is 18.4. The predicted octanol–water partition coefficient (Wildman–Crippen LogP) is 3.85. The van der Waals surface area contributed by atoms with Gasteiger partial charge in [-0.15, -0.1) is 0 Å². The fraction of sp³-hybridized carbons (Fsp3) is 0.316. The van der Waals surface area contributed by atoms with Gasteiger partial charge in [0, 0.05) is 42.6 Å². The quantitative estimate of drug-likeness (QED) is 0.163. The third-order valence-electron chi connectivity index (χ3n) is 8.87. The zero-order valence-corrected chi connectivity index (χ0v) is 32.9. The molecule has 4 aromatic carbocycles. The van der Waals surface area contributed by atoms with Crippen molar-refractivity contribution in [1.29, 1.82) is 0 Å². The van der Waals surface area contributed by atoms with Gasteiger partial charge in [-0.2, -0.15) is 0 Å². The van der Waals surface area contributed by atoms with Crippen LogP contribution in [0.1, 0.15) is 24.0 Å². The molecule has 2 saturated heterocycles. The minimum absolute atomic E-state index is 0.0665. The summed E-state index contributed by atoms with van der Waals surface area (Å²) < 4.78 is 59.7. The van der Waals surface area contributed by atoms with Crippen molar-refractivity contribution in [3.8, 4) is 11.5 Å². The number of likely N-dealkylation sites (tertiary alicyclic amines) is 2. The first-order chi connectivity index (χ1) is 26.0. The number of nitrogens with one attached hydrogen (secondary N) is 2. The third kappa shape index (κ3) is 12.5. The van der Waals surface area contributed by atoms with E-state index in [1.165, 1.54) is 24.3 Å². The fourth-order valence-electron chi connectivity index (χ4n) is 6.16. The number of carbonyl (C=O) groups is 2. The van der Waals surface area contributed by atoms with Gasteiger partial charge in [-0.05, 0) is 80.5 Å². The summed E-state index contributed by atoms with van der Waals surface area (Å²) in [7, 11) is -4.06. The summed E-state index contributed by atoms with van der Waals surface area (Å²) in [6.45, 7) is 3.20. The Labute approximate surface area is 326 Å². The topological polar surface area (TPSA) is 203 Å². The average Bonchev–Trinajstić information content (AvgIpc) is 3.73. The van der Waals surface area contributed by atoms with E-state index in [2.05, 4.69) is 20.4 Å². The molecule has 2 unspecified atom stereocenters. The predicted molar refractivity (Wildman–Crippen MR) is 211 cm³/mol. The molecule has 294 valence electrons. The molecule has 6 rings (SSSR count). The van der Waals surface area contributed by atoms with E-state index in [1.807, 2.05) is 44.4 Å². The van der Waals surface area contributed by atoms with Gasteiger partial charge in [-0.3, -0.25) is 9.59 Å². The molecule has 0 spiro atoms. The van der Waals surface area contributed by atoms with Crippen LogP contribution in [0.25, 0.3) is 0 Å². The van der Waals surface area contributed by atoms with Gasteiger partial charge in [0.2, 0.25) is 31.9 Å². The van der Waals surface area contributed by atoms with Gasteiger partial charge in [0.15, 0.2) is 0 Å². The highest BCUT2D eigenvalue weighted by atomic mass is 35.5. The normalized spacial score (nSPS) is 17.5. The minimum atomic E-state index is -4.02. The third-order valence-corrected chi connectivity index (χ3v) is 11.1. The maximum Gasteiger partial charge on any atom is 0.241 e. The summed E-state index contributed by atoms with van der Waals surface area (Å²) in [6, 6.07) is 25.2. The highest BCUT2D eigenvalue weighted by molar-refractivity contribution is 7.89. The first-order valence-corrected chi connectivity index (χ1v) is 20.9. The number of likely N-dealkylation sites (N-methyl/N-ethyl adjacent to an activating group) is 2. The molecule has 0 saturated carbocycles. The van der Waals surface area contributed by atoms with Gasteiger partial charge in [-0.25, -0.2) is 27.1 Å². The molecule has 2 atom stereocenters. The SMILES string of the molecule is CN1CCC(Oc2ccc(NC(=O)Cc3ccccc3)cc2S(N)(=O)=O)C1.CN1CCC(Oc2ccc(NC(=O)Cc3ccccc3Cl)cc2S(N)(=O)=O)C1. The van der Waals surface area contributed by atoms with Crippen molar-refractivity contribution in [2.45, 2.75) is 47.7 Å². The van der Waals surface area contributed by atoms with Crippen molar-refractivity contribution >= 4 is 54.8 Å². The van der Waals surface area contributed by atoms with Gasteiger partial charge in [0.1, 0.15) is 33.5 Å². The van der Waals surface area contributed by atoms with Crippen LogP contribution in [0, 0.1) is 0 Å². The largest absolute Gasteiger partial charge is 0.488 e. The van der Waals surface area contributed by atoms with E-state index in [9.17, 15) is 26.4 Å². The summed E-state index contributed by atoms with van der Waals surface area (Å²) in [5.41, 5.74) is 2.22. The molecule has 14 nitrogen and oxygen atoms in total. The number of halogens is 1. The van der Waals surface area contributed by atoms with E-state index in [1.54, 1.807) is 36.4 Å². The second-order valence-corrected chi connectivity index (χ2v) is 17.0. The monoisotopic (exact) mass is 812 g/mol. The molecule has 0 radical (unpaired) electrons. The fourth-order valence-corrected chi connectivity index (χ4v) is 7.74. The molecule has 2 aliphatic heterocycles. The minimum Gasteiger partial charge on any atom is -0.488 e. The summed E-state index contributed by atoms with van der Waals surface area (Å²) in [5.74, 6) is -0.169. The molecular weight excluding hydrogens is 768 g/mol. The van der Waals surface area contributed by atoms with Crippen molar-refractivity contribution < 1.29 is 35.9 Å². The van der Waals surface area contributed by atoms with Crippen LogP contribution in [0.4, 0.5) is 11.4 Å². The molecule has 2 heterocycles. The summed E-state index contributed by atoms with van der Waals surface area (Å²) in [4.78, 5) is 28.4. The second-order valence-electron chi connectivity index (χ2n) is 13.5. The number of nitrogens with zero attached hydrogens (tertiary/aromatic N) is 2. The van der Waals surface area contributed by atoms with Gasteiger partial charge in [0.05, 0.1) is 12.8 Å². The van der Waals surface area contributed by atoms with Crippen molar-refractivity contribution in [2.24, 2.45) is 10.3 Å². The number of ether oxygens (including phenoxy) is 2. The zero-order chi connectivity index (χ0) is 39.8. The smallest absolute Gasteiger partial charge is 0.241 e. The van der Waals surface area contributed by atoms with Crippen LogP contribution in [0.2, 0.25) is 5.02 Å². The first kappa shape index (κ1) is 41.6. The average molecular weight is 813 g/mol. The van der Waals surface area contributed by atoms with Gasteiger partial charge in [-0.1, -0.05) is 60.1 Å². The van der Waals surface area contributed by atoms with E-state index in [4.69, 9.17) is 31.4 Å². The Balaban J connectivity index is 0.000000211. The molecule has 6 N–H and O–H groups in total. The first-order valence-electron chi connectivity index (χ1n) is 17.4. The van der Waals surface area contributed by atoms with E-state index >= 15 is 0 Å². The summed E-state index contributed by atoms with van der Waals surface area (Å²) in [6.07, 6.45) is 1.68. The molecule has 0 aliphatic carbocycles. The zero-order valence-electron chi connectivity index (χ0n) is 30.5. The van der Waals surface area contributed by atoms with Crippen LogP contribution >= 0.6 is 11.6 Å². The summed E-state index contributed by atoms with van der Waals surface area (Å²) in [5, 5.41) is 16.6. The molecule has 2 aliphatic rings. The Bertz CT molecular complexity index is 2210. The number of hydrogen-bond acceptors (Lipinski definition) is 10. The standard InChI is InChI=1S/C19H22ClN3O4S.C19H23N3O4S/c1-23-9-8-15(12-23)27-17-7-6-14(11-18(17)28(21,25)26)22-19(24)10-13-4-2-3-5-16(13)20;1-22-10-9-16(13-22)26-17-8-7-15(12-18(17)27(20,24)25)21-19(23)11-14-5-3-2-4-6-14/h2-7,11,15H,8-10,12H2,1H3,(H,22,24)(H2,21,25,26);2-8,12,16H,9-11,13H2,1H3,(H,21,23)(H2,20,24,25). The summed E-state index contributed by atoms with van der Waals surface area (Å²) >= 11 is 6.07. The van der Waals surface area contributed by atoms with Crippen molar-refractivity contribution in [2.75, 3.05) is 50.9 Å². The number of sulfonamides is 2. The lowest BCUT2D eigenvalue weighted by Crippen LogP contribution is -2.23. The molecule has 55 heavy (non-hydrogen) atoms. The van der Waals surface area contributed by atoms with Crippen molar-refractivity contribution in [3.63, 3.8) is 0 Å². The molecule has 17 heteroatoms. The van der Waals surface area contributed by atoms with Gasteiger partial charge in [0.25, 0.3) is 0 Å². The number of benzene rings is 4. The van der Waals surface area contributed by atoms with Crippen molar-refractivity contribution in [3.05, 3.63) is 107 Å². The number of anilines is 2. The molecule has 4 aromatic rings. The molecular formula is C38H45ClN6O8S2. The van der Waals surface area contributed by atoms with Crippen LogP contribution in [0.15, 0.2) is 101 Å². The van der Waals surface area contributed by atoms with Crippen molar-refractivity contribution in [1.82, 2.24) is 9.80 Å². The number of hydrogen-bond donors (Lipinski definition) is 4. The van der Waals surface area contributed by atoms with E-state index < -0.39 is 20.0 Å². The van der Waals surface area contributed by atoms with E-state index in [0.29, 0.717) is 28.5 Å². The maximum atomic E-state index is 12.3. The lowest BCUT2D eigenvalue weighted by molar-refractivity contribution is -0.116. The molecule has 0 aromatic heterocycles. The number of rotatable bonds is 12. The lowest BCUT2D eigenvalue weighted by atomic mass is 10.1. The highest BCUT2D eigenvalue weighted by Gasteiger charge is 2.26. The number of amides is 2. The van der Waals surface area contributed by atoms with Crippen LogP contribution in [0.3, 0.4) is 0 Å². The van der Waals surface area contributed by atoms with Crippen LogP contribution < -0.4 is 30.4 Å². The lowest BCUT2D eigenvalue weighted by Gasteiger charge is -2.17. The molecule has 2 fully saturated rings. The molecule has 2 amide bonds.